The van der Waals surface area contributed by atoms with E-state index < -0.39 is 0 Å². The minimum absolute atomic E-state index is 0.252. The maximum absolute atomic E-state index is 9.19. The van der Waals surface area contributed by atoms with Crippen molar-refractivity contribution >= 4 is 5.57 Å². The lowest BCUT2D eigenvalue weighted by molar-refractivity contribution is 0.431. The summed E-state index contributed by atoms with van der Waals surface area (Å²) in [5.74, 6) is 0.252. The van der Waals surface area contributed by atoms with Crippen LogP contribution in [0.4, 0.5) is 0 Å². The Labute approximate surface area is 98.4 Å². The molecule has 0 aromatic heterocycles. The van der Waals surface area contributed by atoms with E-state index in [0.29, 0.717) is 0 Å². The van der Waals surface area contributed by atoms with Crippen molar-refractivity contribution in [3.05, 3.63) is 66.5 Å². The second kappa shape index (κ2) is 8.54. The third kappa shape index (κ3) is 5.20. The highest BCUT2D eigenvalue weighted by molar-refractivity contribution is 5.72. The molecule has 0 aliphatic carbocycles. The lowest BCUT2D eigenvalue weighted by Crippen LogP contribution is -1.78. The van der Waals surface area contributed by atoms with E-state index in [1.165, 1.54) is 0 Å². The standard InChI is InChI=1S/C13H14O.C2H6/c1-3-13(14)10-9-11(2)12-7-5-4-6-8-12;1-2/h3-10,14H,2H2,1H3;1-2H3/b10-9-,13-3+;. The molecule has 1 N–H and O–H groups in total. The first-order valence-corrected chi connectivity index (χ1v) is 5.51. The highest BCUT2D eigenvalue weighted by atomic mass is 16.3. The average Bonchev–Trinajstić information content (AvgIpc) is 2.38. The molecule has 0 unspecified atom stereocenters. The number of rotatable bonds is 3. The van der Waals surface area contributed by atoms with Crippen LogP contribution in [0, 0.1) is 0 Å². The number of aliphatic hydroxyl groups excluding tert-OH is 1. The Balaban J connectivity index is 0.00000106. The molecule has 1 nitrogen and oxygen atoms in total. The summed E-state index contributed by atoms with van der Waals surface area (Å²) in [7, 11) is 0. The van der Waals surface area contributed by atoms with Gasteiger partial charge in [0.15, 0.2) is 0 Å². The number of allylic oxidation sites excluding steroid dienone is 4. The average molecular weight is 216 g/mol. The molecule has 0 saturated heterocycles. The van der Waals surface area contributed by atoms with Gasteiger partial charge in [-0.05, 0) is 30.2 Å². The van der Waals surface area contributed by atoms with Gasteiger partial charge in [-0.1, -0.05) is 56.8 Å². The fourth-order valence-electron chi connectivity index (χ4n) is 1.03. The van der Waals surface area contributed by atoms with Gasteiger partial charge in [-0.2, -0.15) is 0 Å². The summed E-state index contributed by atoms with van der Waals surface area (Å²) in [6.07, 6.45) is 5.06. The van der Waals surface area contributed by atoms with E-state index >= 15 is 0 Å². The van der Waals surface area contributed by atoms with Crippen LogP contribution in [0.5, 0.6) is 0 Å². The van der Waals surface area contributed by atoms with Crippen LogP contribution in [0.3, 0.4) is 0 Å². The Morgan fingerprint density at radius 2 is 1.69 bits per heavy atom. The Morgan fingerprint density at radius 1 is 1.12 bits per heavy atom. The lowest BCUT2D eigenvalue weighted by Gasteiger charge is -1.98. The van der Waals surface area contributed by atoms with Gasteiger partial charge in [-0.25, -0.2) is 0 Å². The first-order valence-electron chi connectivity index (χ1n) is 5.51. The van der Waals surface area contributed by atoms with Crippen molar-refractivity contribution < 1.29 is 5.11 Å². The zero-order valence-electron chi connectivity index (χ0n) is 10.3. The Morgan fingerprint density at radius 3 is 2.19 bits per heavy atom. The molecule has 0 bridgehead atoms. The minimum Gasteiger partial charge on any atom is -0.508 e. The molecule has 86 valence electrons. The zero-order valence-corrected chi connectivity index (χ0v) is 10.3. The number of benzene rings is 1. The number of aliphatic hydroxyl groups is 1. The molecule has 0 atom stereocenters. The highest BCUT2D eigenvalue weighted by Gasteiger charge is 1.92. The highest BCUT2D eigenvalue weighted by Crippen LogP contribution is 2.13. The Bertz CT molecular complexity index is 358. The van der Waals surface area contributed by atoms with Crippen LogP contribution < -0.4 is 0 Å². The topological polar surface area (TPSA) is 20.2 Å². The van der Waals surface area contributed by atoms with E-state index in [1.807, 2.05) is 44.2 Å². The van der Waals surface area contributed by atoms with Crippen molar-refractivity contribution in [1.29, 1.82) is 0 Å². The molecule has 1 aromatic rings. The molecule has 0 saturated carbocycles. The fraction of sp³-hybridized carbons (Fsp3) is 0.200. The first-order chi connectivity index (χ1) is 7.74. The van der Waals surface area contributed by atoms with Gasteiger partial charge in [0.25, 0.3) is 0 Å². The largest absolute Gasteiger partial charge is 0.508 e. The van der Waals surface area contributed by atoms with Crippen LogP contribution in [0.15, 0.2) is 60.9 Å². The molecule has 0 aliphatic heterocycles. The molecule has 0 fully saturated rings. The van der Waals surface area contributed by atoms with Crippen molar-refractivity contribution in [2.24, 2.45) is 0 Å². The third-order valence-corrected chi connectivity index (χ3v) is 1.90. The van der Waals surface area contributed by atoms with Gasteiger partial charge in [0.2, 0.25) is 0 Å². The maximum Gasteiger partial charge on any atom is 0.111 e. The molecule has 1 rings (SSSR count). The summed E-state index contributed by atoms with van der Waals surface area (Å²) in [6, 6.07) is 9.86. The molecular formula is C15H20O. The van der Waals surface area contributed by atoms with Crippen LogP contribution in [-0.2, 0) is 0 Å². The van der Waals surface area contributed by atoms with Gasteiger partial charge >= 0.3 is 0 Å². The van der Waals surface area contributed by atoms with Crippen molar-refractivity contribution in [2.75, 3.05) is 0 Å². The van der Waals surface area contributed by atoms with E-state index in [2.05, 4.69) is 6.58 Å². The minimum atomic E-state index is 0.252. The quantitative estimate of drug-likeness (QED) is 0.571. The van der Waals surface area contributed by atoms with E-state index in [9.17, 15) is 5.11 Å². The van der Waals surface area contributed by atoms with Crippen molar-refractivity contribution in [2.45, 2.75) is 20.8 Å². The summed E-state index contributed by atoms with van der Waals surface area (Å²) in [5, 5.41) is 9.19. The fourth-order valence-corrected chi connectivity index (χ4v) is 1.03. The van der Waals surface area contributed by atoms with Crippen LogP contribution in [0.1, 0.15) is 26.3 Å². The van der Waals surface area contributed by atoms with Crippen LogP contribution >= 0.6 is 0 Å². The number of hydrogen-bond acceptors (Lipinski definition) is 1. The molecule has 0 spiro atoms. The summed E-state index contributed by atoms with van der Waals surface area (Å²) in [5.41, 5.74) is 1.95. The van der Waals surface area contributed by atoms with Crippen LogP contribution in [0.25, 0.3) is 5.57 Å². The van der Waals surface area contributed by atoms with Gasteiger partial charge in [-0.15, -0.1) is 0 Å². The van der Waals surface area contributed by atoms with E-state index in [4.69, 9.17) is 0 Å². The van der Waals surface area contributed by atoms with Crippen LogP contribution in [0.2, 0.25) is 0 Å². The normalized spacial score (nSPS) is 10.8. The van der Waals surface area contributed by atoms with Gasteiger partial charge < -0.3 is 5.11 Å². The molecule has 16 heavy (non-hydrogen) atoms. The smallest absolute Gasteiger partial charge is 0.111 e. The van der Waals surface area contributed by atoms with Crippen LogP contribution in [-0.4, -0.2) is 5.11 Å². The zero-order chi connectivity index (χ0) is 12.4. The maximum atomic E-state index is 9.19. The first kappa shape index (κ1) is 14.2. The van der Waals surface area contributed by atoms with Gasteiger partial charge in [0.1, 0.15) is 5.76 Å². The third-order valence-electron chi connectivity index (χ3n) is 1.90. The monoisotopic (exact) mass is 216 g/mol. The predicted molar refractivity (Wildman–Crippen MR) is 72.3 cm³/mol. The molecule has 0 radical (unpaired) electrons. The molecule has 0 aliphatic rings. The van der Waals surface area contributed by atoms with E-state index in [-0.39, 0.29) is 5.76 Å². The van der Waals surface area contributed by atoms with Crippen molar-refractivity contribution in [3.63, 3.8) is 0 Å². The molecule has 0 heterocycles. The Kier molecular flexibility index (Phi) is 7.60. The lowest BCUT2D eigenvalue weighted by atomic mass is 10.1. The summed E-state index contributed by atoms with van der Waals surface area (Å²) < 4.78 is 0. The number of hydrogen-bond donors (Lipinski definition) is 1. The summed E-state index contributed by atoms with van der Waals surface area (Å²) in [6.45, 7) is 9.69. The van der Waals surface area contributed by atoms with Gasteiger partial charge in [-0.3, -0.25) is 0 Å². The molecule has 1 heteroatoms. The summed E-state index contributed by atoms with van der Waals surface area (Å²) >= 11 is 0. The van der Waals surface area contributed by atoms with Gasteiger partial charge in [0.05, 0.1) is 0 Å². The van der Waals surface area contributed by atoms with E-state index in [0.717, 1.165) is 11.1 Å². The summed E-state index contributed by atoms with van der Waals surface area (Å²) in [4.78, 5) is 0. The van der Waals surface area contributed by atoms with Crippen molar-refractivity contribution in [1.82, 2.24) is 0 Å². The van der Waals surface area contributed by atoms with Gasteiger partial charge in [0, 0.05) is 0 Å². The second-order valence-electron chi connectivity index (χ2n) is 2.94. The predicted octanol–water partition coefficient (Wildman–Crippen LogP) is 4.74. The Hall–Kier alpha value is -1.76. The molecule has 1 aromatic carbocycles. The molecule has 0 amide bonds. The van der Waals surface area contributed by atoms with E-state index in [1.54, 1.807) is 25.2 Å². The van der Waals surface area contributed by atoms with Crippen molar-refractivity contribution in [3.8, 4) is 0 Å². The SMILES string of the molecule is C=C(/C=C\C(O)=C/C)c1ccccc1.CC. The second-order valence-corrected chi connectivity index (χ2v) is 2.94. The molecular weight excluding hydrogens is 196 g/mol.